The van der Waals surface area contributed by atoms with Gasteiger partial charge in [0.15, 0.2) is 5.52 Å². The zero-order valence-electron chi connectivity index (χ0n) is 14.6. The van der Waals surface area contributed by atoms with Crippen molar-refractivity contribution in [2.24, 2.45) is 7.05 Å². The highest BCUT2D eigenvalue weighted by Gasteiger charge is 2.18. The van der Waals surface area contributed by atoms with Crippen molar-refractivity contribution in [3.8, 4) is 12.5 Å². The first-order valence-electron chi connectivity index (χ1n) is 8.06. The van der Waals surface area contributed by atoms with Crippen molar-refractivity contribution >= 4 is 22.1 Å². The molecule has 0 atom stereocenters. The molecule has 0 fully saturated rings. The number of aromatic amines is 1. The summed E-state index contributed by atoms with van der Waals surface area (Å²) in [5.74, 6) is 0.315. The molecule has 0 saturated carbocycles. The van der Waals surface area contributed by atoms with Gasteiger partial charge in [0.1, 0.15) is 11.5 Å². The van der Waals surface area contributed by atoms with Crippen LogP contribution in [0.3, 0.4) is 0 Å². The number of hydrogen-bond donors (Lipinski definition) is 1. The van der Waals surface area contributed by atoms with Gasteiger partial charge < -0.3 is 0 Å². The summed E-state index contributed by atoms with van der Waals surface area (Å²) >= 11 is 0. The van der Waals surface area contributed by atoms with Crippen LogP contribution in [0.4, 0.5) is 0 Å². The van der Waals surface area contributed by atoms with Gasteiger partial charge in [-0.15, -0.1) is 0 Å². The van der Waals surface area contributed by atoms with E-state index in [9.17, 15) is 14.4 Å². The highest BCUT2D eigenvalue weighted by atomic mass is 16.2. The number of imidazole rings is 1. The van der Waals surface area contributed by atoms with Crippen LogP contribution in [0.25, 0.3) is 22.1 Å². The fraction of sp³-hybridized carbons (Fsp3) is 0.167. The van der Waals surface area contributed by atoms with Crippen molar-refractivity contribution in [1.82, 2.24) is 28.7 Å². The van der Waals surface area contributed by atoms with E-state index in [-0.39, 0.29) is 17.7 Å². The van der Waals surface area contributed by atoms with Crippen molar-refractivity contribution in [2.45, 2.75) is 13.5 Å². The van der Waals surface area contributed by atoms with E-state index in [1.165, 1.54) is 11.6 Å². The van der Waals surface area contributed by atoms with Gasteiger partial charge in [0.25, 0.3) is 5.56 Å². The Morgan fingerprint density at radius 3 is 2.67 bits per heavy atom. The first-order chi connectivity index (χ1) is 12.9. The first-order valence-corrected chi connectivity index (χ1v) is 8.06. The molecule has 0 amide bonds. The Bertz CT molecular complexity index is 1440. The molecule has 1 aromatic carbocycles. The Morgan fingerprint density at radius 2 is 1.93 bits per heavy atom. The highest BCUT2D eigenvalue weighted by molar-refractivity contribution is 5.80. The summed E-state index contributed by atoms with van der Waals surface area (Å²) < 4.78 is 2.98. The second-order valence-electron chi connectivity index (χ2n) is 6.07. The summed E-state index contributed by atoms with van der Waals surface area (Å²) in [6, 6.07) is 9.61. The maximum Gasteiger partial charge on any atom is 0.339 e. The molecule has 0 bridgehead atoms. The van der Waals surface area contributed by atoms with E-state index in [4.69, 9.17) is 6.42 Å². The molecule has 0 spiro atoms. The molecule has 4 aromatic rings. The van der Waals surface area contributed by atoms with Crippen LogP contribution in [0.5, 0.6) is 0 Å². The lowest BCUT2D eigenvalue weighted by molar-refractivity contribution is 0.635. The summed E-state index contributed by atoms with van der Waals surface area (Å²) in [5, 5.41) is 0.892. The van der Waals surface area contributed by atoms with Crippen LogP contribution in [-0.4, -0.2) is 28.7 Å². The van der Waals surface area contributed by atoms with Gasteiger partial charge in [-0.3, -0.25) is 18.9 Å². The summed E-state index contributed by atoms with van der Waals surface area (Å²) in [6.07, 6.45) is 5.34. The Kier molecular flexibility index (Phi) is 3.56. The summed E-state index contributed by atoms with van der Waals surface area (Å²) in [7, 11) is 1.45. The third kappa shape index (κ3) is 2.38. The number of benzene rings is 1. The number of fused-ring (bicyclic) bond motifs is 2. The molecule has 0 aliphatic rings. The van der Waals surface area contributed by atoms with Crippen molar-refractivity contribution in [3.05, 3.63) is 67.1 Å². The maximum atomic E-state index is 12.9. The van der Waals surface area contributed by atoms with Gasteiger partial charge in [-0.05, 0) is 13.0 Å². The minimum Gasteiger partial charge on any atom is -0.290 e. The van der Waals surface area contributed by atoms with E-state index in [0.29, 0.717) is 11.3 Å². The van der Waals surface area contributed by atoms with Crippen molar-refractivity contribution < 1.29 is 0 Å². The topological polar surface area (TPSA) is 108 Å². The molecule has 0 unspecified atom stereocenters. The van der Waals surface area contributed by atoms with Crippen LogP contribution in [0.1, 0.15) is 11.5 Å². The standard InChI is InChI=1S/C18H14N6O3/c1-4-23-14-15(21-17(23)26)22(3)18(27)24(16(14)25)9-13-19-10(2)11-7-5-6-8-12(11)20-13/h1,5-8H,9H2,2-3H3,(H,21,26). The molecule has 0 aliphatic heterocycles. The molecule has 0 saturated heterocycles. The largest absolute Gasteiger partial charge is 0.339 e. The Morgan fingerprint density at radius 1 is 1.19 bits per heavy atom. The number of terminal acetylenes is 1. The fourth-order valence-electron chi connectivity index (χ4n) is 3.12. The lowest BCUT2D eigenvalue weighted by Crippen LogP contribution is -2.40. The molecule has 9 nitrogen and oxygen atoms in total. The van der Waals surface area contributed by atoms with Crippen molar-refractivity contribution in [3.63, 3.8) is 0 Å². The smallest absolute Gasteiger partial charge is 0.290 e. The molecule has 9 heteroatoms. The van der Waals surface area contributed by atoms with Gasteiger partial charge in [0.05, 0.1) is 12.1 Å². The van der Waals surface area contributed by atoms with E-state index in [2.05, 4.69) is 21.0 Å². The molecular formula is C18H14N6O3. The Labute approximate surface area is 151 Å². The van der Waals surface area contributed by atoms with Crippen molar-refractivity contribution in [1.29, 1.82) is 0 Å². The van der Waals surface area contributed by atoms with Crippen LogP contribution in [-0.2, 0) is 13.6 Å². The Hall–Kier alpha value is -3.93. The van der Waals surface area contributed by atoms with Crippen LogP contribution in [0.15, 0.2) is 38.6 Å². The first kappa shape index (κ1) is 16.5. The third-order valence-corrected chi connectivity index (χ3v) is 4.45. The molecular weight excluding hydrogens is 348 g/mol. The molecule has 27 heavy (non-hydrogen) atoms. The predicted octanol–water partition coefficient (Wildman–Crippen LogP) is -0.0713. The molecule has 134 valence electrons. The molecule has 3 aromatic heterocycles. The molecule has 0 radical (unpaired) electrons. The molecule has 3 heterocycles. The minimum atomic E-state index is -0.682. The quantitative estimate of drug-likeness (QED) is 0.502. The van der Waals surface area contributed by atoms with E-state index >= 15 is 0 Å². The van der Waals surface area contributed by atoms with Crippen LogP contribution in [0, 0.1) is 19.4 Å². The average Bonchev–Trinajstić information content (AvgIpc) is 3.00. The minimum absolute atomic E-state index is 0.0675. The number of H-pyrrole nitrogens is 1. The van der Waals surface area contributed by atoms with Crippen LogP contribution < -0.4 is 16.9 Å². The van der Waals surface area contributed by atoms with E-state index < -0.39 is 16.9 Å². The number of para-hydroxylation sites is 1. The predicted molar refractivity (Wildman–Crippen MR) is 99.7 cm³/mol. The van der Waals surface area contributed by atoms with Gasteiger partial charge in [-0.2, -0.15) is 0 Å². The second-order valence-corrected chi connectivity index (χ2v) is 6.07. The zero-order chi connectivity index (χ0) is 19.3. The SMILES string of the molecule is C#Cn1c(=O)[nH]c2c1c(=O)n(Cc1nc(C)c3ccccc3n1)c(=O)n2C. The lowest BCUT2D eigenvalue weighted by atomic mass is 10.2. The number of nitrogens with one attached hydrogen (secondary N) is 1. The van der Waals surface area contributed by atoms with E-state index in [1.807, 2.05) is 31.2 Å². The fourth-order valence-corrected chi connectivity index (χ4v) is 3.12. The normalized spacial score (nSPS) is 11.1. The van der Waals surface area contributed by atoms with E-state index in [0.717, 1.165) is 20.2 Å². The van der Waals surface area contributed by atoms with Gasteiger partial charge in [-0.1, -0.05) is 24.6 Å². The summed E-state index contributed by atoms with van der Waals surface area (Å²) in [5.41, 5.74) is -0.486. The number of aryl methyl sites for hydroxylation is 2. The average molecular weight is 362 g/mol. The monoisotopic (exact) mass is 362 g/mol. The molecule has 0 aliphatic carbocycles. The number of nitrogens with zero attached hydrogens (tertiary/aromatic N) is 5. The van der Waals surface area contributed by atoms with Crippen molar-refractivity contribution in [2.75, 3.05) is 0 Å². The number of aromatic nitrogens is 6. The van der Waals surface area contributed by atoms with Gasteiger partial charge in [-0.25, -0.2) is 24.1 Å². The van der Waals surface area contributed by atoms with Crippen LogP contribution >= 0.6 is 0 Å². The number of rotatable bonds is 2. The molecule has 1 N–H and O–H groups in total. The van der Waals surface area contributed by atoms with Gasteiger partial charge >= 0.3 is 11.4 Å². The lowest BCUT2D eigenvalue weighted by Gasteiger charge is -2.09. The number of hydrogen-bond acceptors (Lipinski definition) is 5. The highest BCUT2D eigenvalue weighted by Crippen LogP contribution is 2.14. The zero-order valence-corrected chi connectivity index (χ0v) is 14.6. The van der Waals surface area contributed by atoms with E-state index in [1.54, 1.807) is 0 Å². The Balaban J connectivity index is 1.98. The molecule has 4 rings (SSSR count). The summed E-state index contributed by atoms with van der Waals surface area (Å²) in [4.78, 5) is 48.7. The summed E-state index contributed by atoms with van der Waals surface area (Å²) in [6.45, 7) is 1.69. The maximum absolute atomic E-state index is 12.9. The third-order valence-electron chi connectivity index (χ3n) is 4.45. The van der Waals surface area contributed by atoms with Gasteiger partial charge in [0.2, 0.25) is 0 Å². The second kappa shape index (κ2) is 5.81. The van der Waals surface area contributed by atoms with Crippen LogP contribution in [0.2, 0.25) is 0 Å². The van der Waals surface area contributed by atoms with Gasteiger partial charge in [0, 0.05) is 24.2 Å².